The van der Waals surface area contributed by atoms with Crippen LogP contribution in [-0.4, -0.2) is 29.3 Å². The molecule has 1 heterocycles. The Morgan fingerprint density at radius 2 is 2.36 bits per heavy atom. The molecule has 0 fully saturated rings. The minimum absolute atomic E-state index is 0.489. The Balaban J connectivity index is 2.68. The first-order chi connectivity index (χ1) is 6.53. The van der Waals surface area contributed by atoms with Crippen molar-refractivity contribution in [2.75, 3.05) is 19.3 Å². The summed E-state index contributed by atoms with van der Waals surface area (Å²) in [7, 11) is 1.81. The lowest BCUT2D eigenvalue weighted by Crippen LogP contribution is -2.38. The molecule has 0 aliphatic rings. The smallest absolute Gasteiger partial charge is 0.123 e. The summed E-state index contributed by atoms with van der Waals surface area (Å²) in [5.74, 6) is 0.489. The van der Waals surface area contributed by atoms with E-state index in [1.165, 1.54) is 0 Å². The predicted molar refractivity (Wildman–Crippen MR) is 56.9 cm³/mol. The van der Waals surface area contributed by atoms with E-state index in [-0.39, 0.29) is 0 Å². The highest BCUT2D eigenvalue weighted by Crippen LogP contribution is 2.13. The van der Waals surface area contributed by atoms with E-state index in [0.29, 0.717) is 18.8 Å². The van der Waals surface area contributed by atoms with Gasteiger partial charge in [-0.1, -0.05) is 0 Å². The number of nitrogens with one attached hydrogen (secondary N) is 1. The first kappa shape index (κ1) is 10.9. The van der Waals surface area contributed by atoms with Crippen molar-refractivity contribution >= 4 is 5.82 Å². The van der Waals surface area contributed by atoms with Gasteiger partial charge >= 0.3 is 0 Å². The Morgan fingerprint density at radius 3 is 2.93 bits per heavy atom. The summed E-state index contributed by atoms with van der Waals surface area (Å²) in [5, 5.41) is 12.9. The molecule has 4 N–H and O–H groups in total. The van der Waals surface area contributed by atoms with Crippen molar-refractivity contribution in [1.29, 1.82) is 0 Å². The van der Waals surface area contributed by atoms with Crippen LogP contribution in [0.4, 0.5) is 5.82 Å². The van der Waals surface area contributed by atoms with Gasteiger partial charge in [-0.3, -0.25) is 0 Å². The number of anilines is 1. The number of nitrogens with two attached hydrogens (primary N) is 1. The lowest BCUT2D eigenvalue weighted by molar-refractivity contribution is 0.0622. The molecule has 0 aliphatic carbocycles. The molecule has 0 saturated carbocycles. The normalized spacial score (nSPS) is 15.1. The average Bonchev–Trinajstić information content (AvgIpc) is 2.02. The van der Waals surface area contributed by atoms with Crippen LogP contribution in [0, 0.1) is 0 Å². The first-order valence-corrected chi connectivity index (χ1v) is 4.61. The Labute approximate surface area is 84.2 Å². The van der Waals surface area contributed by atoms with Crippen molar-refractivity contribution in [1.82, 2.24) is 10.3 Å². The SMILES string of the molecule is CNCC(C)(O)Cc1ccnc(N)c1. The van der Waals surface area contributed by atoms with Crippen molar-refractivity contribution in [3.63, 3.8) is 0 Å². The molecule has 0 spiro atoms. The van der Waals surface area contributed by atoms with Gasteiger partial charge in [0.1, 0.15) is 5.82 Å². The highest BCUT2D eigenvalue weighted by molar-refractivity contribution is 5.32. The van der Waals surface area contributed by atoms with Crippen LogP contribution in [0.25, 0.3) is 0 Å². The Bertz CT molecular complexity index is 299. The van der Waals surface area contributed by atoms with Crippen LogP contribution in [0.2, 0.25) is 0 Å². The van der Waals surface area contributed by atoms with Crippen LogP contribution in [0.1, 0.15) is 12.5 Å². The molecule has 1 aromatic heterocycles. The molecule has 0 aromatic carbocycles. The minimum Gasteiger partial charge on any atom is -0.389 e. The van der Waals surface area contributed by atoms with Crippen LogP contribution < -0.4 is 11.1 Å². The van der Waals surface area contributed by atoms with E-state index in [0.717, 1.165) is 5.56 Å². The third-order valence-corrected chi connectivity index (χ3v) is 1.99. The molecule has 4 nitrogen and oxygen atoms in total. The van der Waals surface area contributed by atoms with E-state index >= 15 is 0 Å². The number of pyridine rings is 1. The highest BCUT2D eigenvalue weighted by Gasteiger charge is 2.19. The van der Waals surface area contributed by atoms with Crippen molar-refractivity contribution in [3.8, 4) is 0 Å². The minimum atomic E-state index is -0.747. The molecule has 1 aromatic rings. The highest BCUT2D eigenvalue weighted by atomic mass is 16.3. The molecule has 1 rings (SSSR count). The van der Waals surface area contributed by atoms with Gasteiger partial charge in [0, 0.05) is 19.2 Å². The topological polar surface area (TPSA) is 71.2 Å². The van der Waals surface area contributed by atoms with Gasteiger partial charge in [-0.05, 0) is 31.7 Å². The molecule has 0 amide bonds. The van der Waals surface area contributed by atoms with Gasteiger partial charge in [0.05, 0.1) is 5.60 Å². The zero-order valence-corrected chi connectivity index (χ0v) is 8.62. The predicted octanol–water partition coefficient (Wildman–Crippen LogP) is 0.177. The zero-order chi connectivity index (χ0) is 10.6. The van der Waals surface area contributed by atoms with E-state index in [1.54, 1.807) is 19.2 Å². The number of rotatable bonds is 4. The second-order valence-corrected chi connectivity index (χ2v) is 3.79. The lowest BCUT2D eigenvalue weighted by atomic mass is 9.97. The molecule has 0 aliphatic heterocycles. The maximum atomic E-state index is 9.94. The number of likely N-dealkylation sites (N-methyl/N-ethyl adjacent to an activating group) is 1. The summed E-state index contributed by atoms with van der Waals surface area (Å²) in [6.07, 6.45) is 2.22. The Hall–Kier alpha value is -1.13. The fourth-order valence-corrected chi connectivity index (χ4v) is 1.49. The second-order valence-electron chi connectivity index (χ2n) is 3.79. The van der Waals surface area contributed by atoms with Crippen LogP contribution >= 0.6 is 0 Å². The average molecular weight is 195 g/mol. The number of hydrogen-bond donors (Lipinski definition) is 3. The van der Waals surface area contributed by atoms with Crippen molar-refractivity contribution in [2.24, 2.45) is 0 Å². The molecular weight excluding hydrogens is 178 g/mol. The van der Waals surface area contributed by atoms with Crippen molar-refractivity contribution in [2.45, 2.75) is 18.9 Å². The van der Waals surface area contributed by atoms with Gasteiger partial charge < -0.3 is 16.2 Å². The van der Waals surface area contributed by atoms with Gasteiger partial charge in [0.25, 0.3) is 0 Å². The fraction of sp³-hybridized carbons (Fsp3) is 0.500. The molecule has 14 heavy (non-hydrogen) atoms. The Kier molecular flexibility index (Phi) is 3.43. The van der Waals surface area contributed by atoms with Crippen LogP contribution in [-0.2, 0) is 6.42 Å². The number of nitrogens with zero attached hydrogens (tertiary/aromatic N) is 1. The summed E-state index contributed by atoms with van der Waals surface area (Å²) < 4.78 is 0. The maximum absolute atomic E-state index is 9.94. The largest absolute Gasteiger partial charge is 0.389 e. The van der Waals surface area contributed by atoms with Gasteiger partial charge in [0.2, 0.25) is 0 Å². The third kappa shape index (κ3) is 3.32. The summed E-state index contributed by atoms with van der Waals surface area (Å²) in [6.45, 7) is 2.34. The van der Waals surface area contributed by atoms with Crippen LogP contribution in [0.15, 0.2) is 18.3 Å². The molecule has 78 valence electrons. The summed E-state index contributed by atoms with van der Waals surface area (Å²) >= 11 is 0. The van der Waals surface area contributed by atoms with Gasteiger partial charge in [-0.25, -0.2) is 4.98 Å². The van der Waals surface area contributed by atoms with Gasteiger partial charge in [-0.15, -0.1) is 0 Å². The zero-order valence-electron chi connectivity index (χ0n) is 8.62. The van der Waals surface area contributed by atoms with Gasteiger partial charge in [-0.2, -0.15) is 0 Å². The summed E-state index contributed by atoms with van der Waals surface area (Å²) in [5.41, 5.74) is 5.79. The van der Waals surface area contributed by atoms with Gasteiger partial charge in [0.15, 0.2) is 0 Å². The number of nitrogen functional groups attached to an aromatic ring is 1. The molecule has 0 radical (unpaired) electrons. The Morgan fingerprint density at radius 1 is 1.64 bits per heavy atom. The number of hydrogen-bond acceptors (Lipinski definition) is 4. The van der Waals surface area contributed by atoms with E-state index in [9.17, 15) is 5.11 Å². The van der Waals surface area contributed by atoms with Crippen LogP contribution in [0.3, 0.4) is 0 Å². The molecule has 1 atom stereocenters. The number of aromatic nitrogens is 1. The molecular formula is C10H17N3O. The van der Waals surface area contributed by atoms with E-state index < -0.39 is 5.60 Å². The van der Waals surface area contributed by atoms with Crippen molar-refractivity contribution in [3.05, 3.63) is 23.9 Å². The molecule has 4 heteroatoms. The summed E-state index contributed by atoms with van der Waals surface area (Å²) in [6, 6.07) is 3.64. The van der Waals surface area contributed by atoms with Crippen LogP contribution in [0.5, 0.6) is 0 Å². The lowest BCUT2D eigenvalue weighted by Gasteiger charge is -2.22. The summed E-state index contributed by atoms with van der Waals surface area (Å²) in [4.78, 5) is 3.90. The number of aliphatic hydroxyl groups is 1. The van der Waals surface area contributed by atoms with E-state index in [2.05, 4.69) is 10.3 Å². The van der Waals surface area contributed by atoms with E-state index in [1.807, 2.05) is 13.1 Å². The quantitative estimate of drug-likeness (QED) is 0.641. The molecule has 0 saturated heterocycles. The molecule has 1 unspecified atom stereocenters. The third-order valence-electron chi connectivity index (χ3n) is 1.99. The van der Waals surface area contributed by atoms with E-state index in [4.69, 9.17) is 5.73 Å². The van der Waals surface area contributed by atoms with Crippen molar-refractivity contribution < 1.29 is 5.11 Å². The monoisotopic (exact) mass is 195 g/mol. The standard InChI is InChI=1S/C10H17N3O/c1-10(14,7-12-2)6-8-3-4-13-9(11)5-8/h3-5,12,14H,6-7H2,1-2H3,(H2,11,13). The molecule has 0 bridgehead atoms. The fourth-order valence-electron chi connectivity index (χ4n) is 1.49. The maximum Gasteiger partial charge on any atom is 0.123 e. The first-order valence-electron chi connectivity index (χ1n) is 4.61. The second kappa shape index (κ2) is 4.39.